The van der Waals surface area contributed by atoms with Gasteiger partial charge >= 0.3 is 0 Å². The first-order chi connectivity index (χ1) is 10.2. The predicted molar refractivity (Wildman–Crippen MR) is 86.6 cm³/mol. The van der Waals surface area contributed by atoms with Crippen LogP contribution >= 0.6 is 0 Å². The minimum atomic E-state index is -0.0813. The molecule has 116 valence electrons. The van der Waals surface area contributed by atoms with Crippen LogP contribution in [0.25, 0.3) is 0 Å². The van der Waals surface area contributed by atoms with Crippen LogP contribution < -0.4 is 11.1 Å². The van der Waals surface area contributed by atoms with E-state index in [0.29, 0.717) is 12.6 Å². The van der Waals surface area contributed by atoms with E-state index in [-0.39, 0.29) is 11.8 Å². The van der Waals surface area contributed by atoms with Crippen molar-refractivity contribution in [2.75, 3.05) is 6.54 Å². The fourth-order valence-electron chi connectivity index (χ4n) is 3.25. The van der Waals surface area contributed by atoms with Gasteiger partial charge in [-0.1, -0.05) is 54.8 Å². The van der Waals surface area contributed by atoms with Gasteiger partial charge in [-0.2, -0.15) is 0 Å². The summed E-state index contributed by atoms with van der Waals surface area (Å²) < 4.78 is 0. The van der Waals surface area contributed by atoms with Gasteiger partial charge in [-0.25, -0.2) is 0 Å². The monoisotopic (exact) mass is 289 g/mol. The standard InChI is InChI=1S/C17H27N3O/c1-13(14-8-4-2-5-9-14)19-12-16(17(18)20-21)15-10-6-3-7-11-15/h3,6-7,10-11,13-14,16,19,21H,2,4-5,8-9,12H2,1H3,(H2,18,20). The number of benzene rings is 1. The molecule has 0 bridgehead atoms. The molecule has 4 nitrogen and oxygen atoms in total. The van der Waals surface area contributed by atoms with Gasteiger partial charge in [0.15, 0.2) is 0 Å². The second-order valence-corrected chi connectivity index (χ2v) is 6.08. The number of oxime groups is 1. The summed E-state index contributed by atoms with van der Waals surface area (Å²) in [4.78, 5) is 0. The molecule has 0 saturated heterocycles. The van der Waals surface area contributed by atoms with E-state index in [1.54, 1.807) is 0 Å². The van der Waals surface area contributed by atoms with Gasteiger partial charge in [-0.15, -0.1) is 0 Å². The molecule has 2 atom stereocenters. The molecule has 1 fully saturated rings. The summed E-state index contributed by atoms with van der Waals surface area (Å²) in [5.41, 5.74) is 6.95. The average Bonchev–Trinajstić information content (AvgIpc) is 2.56. The fraction of sp³-hybridized carbons (Fsp3) is 0.588. The molecular weight excluding hydrogens is 262 g/mol. The molecule has 0 radical (unpaired) electrons. The average molecular weight is 289 g/mol. The Morgan fingerprint density at radius 3 is 2.57 bits per heavy atom. The largest absolute Gasteiger partial charge is 0.409 e. The molecule has 0 spiro atoms. The van der Waals surface area contributed by atoms with Crippen molar-refractivity contribution in [2.45, 2.75) is 51.0 Å². The van der Waals surface area contributed by atoms with Gasteiger partial charge in [-0.3, -0.25) is 0 Å². The van der Waals surface area contributed by atoms with E-state index in [2.05, 4.69) is 17.4 Å². The van der Waals surface area contributed by atoms with Gasteiger partial charge < -0.3 is 16.3 Å². The topological polar surface area (TPSA) is 70.6 Å². The van der Waals surface area contributed by atoms with E-state index in [9.17, 15) is 0 Å². The van der Waals surface area contributed by atoms with E-state index in [1.165, 1.54) is 32.1 Å². The number of nitrogens with zero attached hydrogens (tertiary/aromatic N) is 1. The second kappa shape index (κ2) is 8.03. The van der Waals surface area contributed by atoms with Crippen LogP contribution in [0.3, 0.4) is 0 Å². The van der Waals surface area contributed by atoms with Gasteiger partial charge in [0.25, 0.3) is 0 Å². The lowest BCUT2D eigenvalue weighted by Crippen LogP contribution is -2.40. The first-order valence-electron chi connectivity index (χ1n) is 7.98. The van der Waals surface area contributed by atoms with Crippen LogP contribution in [0, 0.1) is 5.92 Å². The van der Waals surface area contributed by atoms with Crippen LogP contribution in [0.1, 0.15) is 50.5 Å². The highest BCUT2D eigenvalue weighted by atomic mass is 16.4. The molecule has 2 unspecified atom stereocenters. The molecule has 2 rings (SSSR count). The SMILES string of the molecule is CC(NCC(C(N)=NO)c1ccccc1)C1CCCCC1. The predicted octanol–water partition coefficient (Wildman–Crippen LogP) is 3.08. The first kappa shape index (κ1) is 15.8. The Kier molecular flexibility index (Phi) is 6.05. The third kappa shape index (κ3) is 4.46. The van der Waals surface area contributed by atoms with Crippen molar-refractivity contribution in [3.8, 4) is 0 Å². The van der Waals surface area contributed by atoms with Crippen molar-refractivity contribution in [1.29, 1.82) is 0 Å². The van der Waals surface area contributed by atoms with Crippen molar-refractivity contribution in [3.05, 3.63) is 35.9 Å². The molecule has 21 heavy (non-hydrogen) atoms. The summed E-state index contributed by atoms with van der Waals surface area (Å²) in [6, 6.07) is 10.5. The number of rotatable bonds is 6. The Morgan fingerprint density at radius 2 is 1.95 bits per heavy atom. The van der Waals surface area contributed by atoms with Gasteiger partial charge in [-0.05, 0) is 31.2 Å². The smallest absolute Gasteiger partial charge is 0.147 e. The number of amidine groups is 1. The maximum Gasteiger partial charge on any atom is 0.147 e. The zero-order valence-corrected chi connectivity index (χ0v) is 12.8. The molecule has 1 aromatic carbocycles. The fourth-order valence-corrected chi connectivity index (χ4v) is 3.25. The van der Waals surface area contributed by atoms with Crippen molar-refractivity contribution in [1.82, 2.24) is 5.32 Å². The van der Waals surface area contributed by atoms with E-state index in [1.807, 2.05) is 30.3 Å². The van der Waals surface area contributed by atoms with Crippen molar-refractivity contribution < 1.29 is 5.21 Å². The minimum absolute atomic E-state index is 0.0813. The van der Waals surface area contributed by atoms with Gasteiger partial charge in [0.05, 0.1) is 5.92 Å². The molecule has 1 aliphatic rings. The minimum Gasteiger partial charge on any atom is -0.409 e. The molecule has 1 aromatic rings. The van der Waals surface area contributed by atoms with Gasteiger partial charge in [0.1, 0.15) is 5.84 Å². The Morgan fingerprint density at radius 1 is 1.29 bits per heavy atom. The van der Waals surface area contributed by atoms with E-state index in [0.717, 1.165) is 11.5 Å². The maximum absolute atomic E-state index is 9.02. The number of hydrogen-bond acceptors (Lipinski definition) is 3. The Hall–Kier alpha value is -1.55. The summed E-state index contributed by atoms with van der Waals surface area (Å²) in [5.74, 6) is 0.939. The van der Waals surface area contributed by atoms with Crippen molar-refractivity contribution in [3.63, 3.8) is 0 Å². The van der Waals surface area contributed by atoms with Crippen molar-refractivity contribution >= 4 is 5.84 Å². The second-order valence-electron chi connectivity index (χ2n) is 6.08. The number of hydrogen-bond donors (Lipinski definition) is 3. The molecule has 0 heterocycles. The summed E-state index contributed by atoms with van der Waals surface area (Å²) in [6.45, 7) is 2.96. The zero-order chi connectivity index (χ0) is 15.1. The normalized spacial score (nSPS) is 20.1. The summed E-state index contributed by atoms with van der Waals surface area (Å²) in [5, 5.41) is 15.8. The Labute approximate surface area is 127 Å². The Bertz CT molecular complexity index is 441. The lowest BCUT2D eigenvalue weighted by molar-refractivity contribution is 0.280. The van der Waals surface area contributed by atoms with E-state index in [4.69, 9.17) is 10.9 Å². The quantitative estimate of drug-likeness (QED) is 0.326. The third-order valence-electron chi connectivity index (χ3n) is 4.68. The van der Waals surface area contributed by atoms with Crippen LogP contribution in [0.5, 0.6) is 0 Å². The van der Waals surface area contributed by atoms with Crippen molar-refractivity contribution in [2.24, 2.45) is 16.8 Å². The summed E-state index contributed by atoms with van der Waals surface area (Å²) in [7, 11) is 0. The summed E-state index contributed by atoms with van der Waals surface area (Å²) in [6.07, 6.45) is 6.69. The molecule has 4 heteroatoms. The van der Waals surface area contributed by atoms with Crippen LogP contribution in [-0.2, 0) is 0 Å². The molecular formula is C17H27N3O. The molecule has 1 saturated carbocycles. The van der Waals surface area contributed by atoms with Crippen LogP contribution in [0.15, 0.2) is 35.5 Å². The summed E-state index contributed by atoms with van der Waals surface area (Å²) >= 11 is 0. The van der Waals surface area contributed by atoms with Crippen LogP contribution in [0.2, 0.25) is 0 Å². The van der Waals surface area contributed by atoms with Crippen LogP contribution in [-0.4, -0.2) is 23.6 Å². The zero-order valence-electron chi connectivity index (χ0n) is 12.8. The maximum atomic E-state index is 9.02. The highest BCUT2D eigenvalue weighted by Gasteiger charge is 2.22. The molecule has 0 amide bonds. The number of nitrogens with two attached hydrogens (primary N) is 1. The lowest BCUT2D eigenvalue weighted by Gasteiger charge is -2.29. The van der Waals surface area contributed by atoms with Gasteiger partial charge in [0.2, 0.25) is 0 Å². The van der Waals surface area contributed by atoms with Crippen LogP contribution in [0.4, 0.5) is 0 Å². The first-order valence-corrected chi connectivity index (χ1v) is 7.98. The third-order valence-corrected chi connectivity index (χ3v) is 4.68. The highest BCUT2D eigenvalue weighted by Crippen LogP contribution is 2.26. The highest BCUT2D eigenvalue weighted by molar-refractivity contribution is 5.87. The lowest BCUT2D eigenvalue weighted by atomic mass is 9.84. The molecule has 0 aliphatic heterocycles. The Balaban J connectivity index is 1.96. The molecule has 4 N–H and O–H groups in total. The molecule has 1 aliphatic carbocycles. The number of nitrogens with one attached hydrogen (secondary N) is 1. The molecule has 0 aromatic heterocycles. The van der Waals surface area contributed by atoms with E-state index < -0.39 is 0 Å². The van der Waals surface area contributed by atoms with Gasteiger partial charge in [0, 0.05) is 12.6 Å². The van der Waals surface area contributed by atoms with E-state index >= 15 is 0 Å².